The third-order valence-corrected chi connectivity index (χ3v) is 4.81. The smallest absolute Gasteiger partial charge is 0.275 e. The number of nitrogens with one attached hydrogen (secondary N) is 1. The van der Waals surface area contributed by atoms with Crippen molar-refractivity contribution in [3.63, 3.8) is 0 Å². The summed E-state index contributed by atoms with van der Waals surface area (Å²) >= 11 is 6.24. The van der Waals surface area contributed by atoms with Crippen molar-refractivity contribution in [2.24, 2.45) is 5.10 Å². The number of hydrogen-bond acceptors (Lipinski definition) is 4. The highest BCUT2D eigenvalue weighted by molar-refractivity contribution is 6.32. The van der Waals surface area contributed by atoms with E-state index in [0.717, 1.165) is 27.2 Å². The van der Waals surface area contributed by atoms with Gasteiger partial charge in [0.05, 0.1) is 17.3 Å². The number of carbonyl (C=O) groups is 1. The maximum absolute atomic E-state index is 12.4. The molecule has 0 radical (unpaired) electrons. The highest BCUT2D eigenvalue weighted by Crippen LogP contribution is 2.25. The van der Waals surface area contributed by atoms with E-state index in [1.807, 2.05) is 55.5 Å². The molecule has 138 valence electrons. The molecule has 4 aromatic rings. The molecule has 0 spiro atoms. The molecule has 6 heteroatoms. The molecule has 0 aliphatic carbocycles. The number of nitrogens with zero attached hydrogens (tertiary/aromatic N) is 2. The number of phenols is 1. The topological polar surface area (TPSA) is 74.6 Å². The van der Waals surface area contributed by atoms with Crippen LogP contribution in [0.4, 0.5) is 0 Å². The molecule has 5 nitrogen and oxygen atoms in total. The first-order valence-electron chi connectivity index (χ1n) is 8.64. The van der Waals surface area contributed by atoms with E-state index >= 15 is 0 Å². The number of amides is 1. The van der Waals surface area contributed by atoms with Crippen LogP contribution in [0.3, 0.4) is 0 Å². The number of fused-ring (bicyclic) bond motifs is 2. The quantitative estimate of drug-likeness (QED) is 0.299. The van der Waals surface area contributed by atoms with Crippen LogP contribution in [0.5, 0.6) is 5.75 Å². The number of carbonyl (C=O) groups excluding carboxylic acids is 1. The van der Waals surface area contributed by atoms with Gasteiger partial charge in [0.25, 0.3) is 5.91 Å². The van der Waals surface area contributed by atoms with Crippen LogP contribution in [0, 0.1) is 6.92 Å². The number of para-hydroxylation sites is 1. The average molecular weight is 390 g/mol. The molecular formula is C22H16ClN3O2. The average Bonchev–Trinajstić information content (AvgIpc) is 2.68. The first kappa shape index (κ1) is 17.9. The minimum atomic E-state index is -0.514. The first-order chi connectivity index (χ1) is 13.5. The monoisotopic (exact) mass is 389 g/mol. The summed E-state index contributed by atoms with van der Waals surface area (Å²) in [6, 6.07) is 18.4. The van der Waals surface area contributed by atoms with Gasteiger partial charge in [0.15, 0.2) is 0 Å². The Labute approximate surface area is 166 Å². The maximum atomic E-state index is 12.4. The molecule has 0 unspecified atom stereocenters. The lowest BCUT2D eigenvalue weighted by Gasteiger charge is -2.06. The molecule has 28 heavy (non-hydrogen) atoms. The van der Waals surface area contributed by atoms with Crippen molar-refractivity contribution in [3.05, 3.63) is 82.5 Å². The van der Waals surface area contributed by atoms with Gasteiger partial charge in [0.1, 0.15) is 10.9 Å². The Bertz CT molecular complexity index is 1250. The number of pyridine rings is 1. The second-order valence-corrected chi connectivity index (χ2v) is 6.79. The van der Waals surface area contributed by atoms with Crippen molar-refractivity contribution in [1.82, 2.24) is 10.4 Å². The van der Waals surface area contributed by atoms with E-state index in [1.165, 1.54) is 6.21 Å². The summed E-state index contributed by atoms with van der Waals surface area (Å²) in [5, 5.41) is 17.0. The van der Waals surface area contributed by atoms with Gasteiger partial charge in [-0.1, -0.05) is 54.1 Å². The molecule has 1 aromatic heterocycles. The summed E-state index contributed by atoms with van der Waals surface area (Å²) < 4.78 is 0. The van der Waals surface area contributed by atoms with Crippen molar-refractivity contribution >= 4 is 45.4 Å². The molecule has 3 aromatic carbocycles. The maximum Gasteiger partial charge on any atom is 0.275 e. The lowest BCUT2D eigenvalue weighted by molar-refractivity contribution is 0.0952. The number of phenolic OH excluding ortho intramolecular Hbond substituents is 1. The fourth-order valence-electron chi connectivity index (χ4n) is 3.06. The van der Waals surface area contributed by atoms with Crippen molar-refractivity contribution in [2.45, 2.75) is 6.92 Å². The summed E-state index contributed by atoms with van der Waals surface area (Å²) in [6.45, 7) is 1.97. The second kappa shape index (κ2) is 7.29. The zero-order valence-electron chi connectivity index (χ0n) is 15.0. The van der Waals surface area contributed by atoms with Gasteiger partial charge in [0.2, 0.25) is 0 Å². The Kier molecular flexibility index (Phi) is 4.67. The number of hydrogen-bond donors (Lipinski definition) is 2. The molecule has 1 heterocycles. The van der Waals surface area contributed by atoms with Crippen molar-refractivity contribution in [2.75, 3.05) is 0 Å². The predicted octanol–water partition coefficient (Wildman–Crippen LogP) is 4.82. The van der Waals surface area contributed by atoms with E-state index in [0.29, 0.717) is 10.7 Å². The molecule has 0 saturated carbocycles. The van der Waals surface area contributed by atoms with E-state index in [4.69, 9.17) is 11.6 Å². The van der Waals surface area contributed by atoms with Gasteiger partial charge in [-0.05, 0) is 41.5 Å². The Hall–Kier alpha value is -3.44. The number of halogens is 1. The lowest BCUT2D eigenvalue weighted by atomic mass is 10.1. The van der Waals surface area contributed by atoms with Crippen LogP contribution in [0.25, 0.3) is 21.7 Å². The molecule has 0 bridgehead atoms. The Morgan fingerprint density at radius 1 is 1.07 bits per heavy atom. The highest BCUT2D eigenvalue weighted by atomic mass is 35.5. The molecule has 0 aliphatic heterocycles. The van der Waals surface area contributed by atoms with Gasteiger partial charge in [-0.25, -0.2) is 10.4 Å². The van der Waals surface area contributed by atoms with Crippen LogP contribution in [0.15, 0.2) is 65.8 Å². The van der Waals surface area contributed by atoms with E-state index in [2.05, 4.69) is 15.5 Å². The third kappa shape index (κ3) is 3.40. The van der Waals surface area contributed by atoms with Crippen LogP contribution >= 0.6 is 11.6 Å². The number of rotatable bonds is 3. The highest BCUT2D eigenvalue weighted by Gasteiger charge is 2.12. The SMILES string of the molecule is Cc1cccc2cc(/C=N/NC(=O)c3cc4ccccc4cc3O)c(Cl)nc12. The minimum absolute atomic E-state index is 0.104. The Morgan fingerprint density at radius 3 is 2.57 bits per heavy atom. The van der Waals surface area contributed by atoms with Crippen molar-refractivity contribution in [3.8, 4) is 5.75 Å². The molecule has 0 atom stereocenters. The van der Waals surface area contributed by atoms with Gasteiger partial charge in [-0.3, -0.25) is 4.79 Å². The normalized spacial score (nSPS) is 11.4. The second-order valence-electron chi connectivity index (χ2n) is 6.43. The largest absolute Gasteiger partial charge is 0.507 e. The Balaban J connectivity index is 1.58. The zero-order valence-corrected chi connectivity index (χ0v) is 15.7. The lowest BCUT2D eigenvalue weighted by Crippen LogP contribution is -2.17. The van der Waals surface area contributed by atoms with E-state index in [1.54, 1.807) is 12.1 Å². The minimum Gasteiger partial charge on any atom is -0.507 e. The number of hydrazone groups is 1. The van der Waals surface area contributed by atoms with Crippen LogP contribution < -0.4 is 5.43 Å². The Morgan fingerprint density at radius 2 is 1.79 bits per heavy atom. The standard InChI is InChI=1S/C22H16ClN3O2/c1-13-5-4-8-16-9-17(21(23)25-20(13)16)12-24-26-22(28)18-10-14-6-2-3-7-15(14)11-19(18)27/h2-12,27H,1H3,(H,26,28)/b24-12+. The summed E-state index contributed by atoms with van der Waals surface area (Å²) in [5.41, 5.74) is 5.02. The van der Waals surface area contributed by atoms with Crippen molar-refractivity contribution in [1.29, 1.82) is 0 Å². The number of benzene rings is 3. The summed E-state index contributed by atoms with van der Waals surface area (Å²) in [7, 11) is 0. The fourth-order valence-corrected chi connectivity index (χ4v) is 3.25. The molecule has 0 saturated heterocycles. The molecular weight excluding hydrogens is 374 g/mol. The first-order valence-corrected chi connectivity index (χ1v) is 9.02. The zero-order chi connectivity index (χ0) is 19.7. The van der Waals surface area contributed by atoms with Gasteiger partial charge in [-0.2, -0.15) is 5.10 Å². The third-order valence-electron chi connectivity index (χ3n) is 4.51. The number of aromatic hydroxyl groups is 1. The molecule has 0 aliphatic rings. The number of aromatic nitrogens is 1. The molecule has 1 amide bonds. The van der Waals surface area contributed by atoms with Crippen molar-refractivity contribution < 1.29 is 9.90 Å². The van der Waals surface area contributed by atoms with Gasteiger partial charge < -0.3 is 5.11 Å². The van der Waals surface area contributed by atoms with Gasteiger partial charge in [-0.15, -0.1) is 0 Å². The summed E-state index contributed by atoms with van der Waals surface area (Å²) in [4.78, 5) is 16.8. The molecule has 4 rings (SSSR count). The molecule has 0 fully saturated rings. The fraction of sp³-hybridized carbons (Fsp3) is 0.0455. The van der Waals surface area contributed by atoms with Crippen LogP contribution in [0.2, 0.25) is 5.15 Å². The van der Waals surface area contributed by atoms with E-state index < -0.39 is 5.91 Å². The van der Waals surface area contributed by atoms with Gasteiger partial charge >= 0.3 is 0 Å². The summed E-state index contributed by atoms with van der Waals surface area (Å²) in [5.74, 6) is -0.618. The number of aryl methyl sites for hydroxylation is 1. The van der Waals surface area contributed by atoms with Gasteiger partial charge in [0, 0.05) is 10.9 Å². The summed E-state index contributed by atoms with van der Waals surface area (Å²) in [6.07, 6.45) is 1.44. The van der Waals surface area contributed by atoms with E-state index in [-0.39, 0.29) is 11.3 Å². The van der Waals surface area contributed by atoms with Crippen LogP contribution in [0.1, 0.15) is 21.5 Å². The molecule has 2 N–H and O–H groups in total. The van der Waals surface area contributed by atoms with E-state index in [9.17, 15) is 9.90 Å². The van der Waals surface area contributed by atoms with Crippen LogP contribution in [-0.2, 0) is 0 Å². The predicted molar refractivity (Wildman–Crippen MR) is 112 cm³/mol. The van der Waals surface area contributed by atoms with Crippen LogP contribution in [-0.4, -0.2) is 22.2 Å².